The number of fused-ring (bicyclic) bond motifs is 2. The van der Waals surface area contributed by atoms with Gasteiger partial charge in [-0.25, -0.2) is 13.1 Å². The lowest BCUT2D eigenvalue weighted by Crippen LogP contribution is -2.49. The molecule has 0 heterocycles. The van der Waals surface area contributed by atoms with Crippen LogP contribution in [0.5, 0.6) is 0 Å². The van der Waals surface area contributed by atoms with Gasteiger partial charge < -0.3 is 5.11 Å². The third kappa shape index (κ3) is 2.90. The minimum atomic E-state index is -4.01. The molecule has 2 saturated carbocycles. The first-order chi connectivity index (χ1) is 11.0. The molecular formula is C16H25NO6S. The fourth-order valence-corrected chi connectivity index (χ4v) is 6.25. The number of nitrogens with one attached hydrogen (secondary N) is 1. The predicted molar refractivity (Wildman–Crippen MR) is 86.8 cm³/mol. The highest BCUT2D eigenvalue weighted by atomic mass is 32.2. The number of carbonyl (C=O) groups excluding carboxylic acids is 2. The Labute approximate surface area is 142 Å². The summed E-state index contributed by atoms with van der Waals surface area (Å²) in [5.74, 6) is -3.29. The van der Waals surface area contributed by atoms with Crippen LogP contribution in [0.25, 0.3) is 0 Å². The second-order valence-corrected chi connectivity index (χ2v) is 9.25. The standard InChI is InChI=1S/C16H25NO6S/c1-4-5-6-11(14(20)21)17-24(22,23)9-16-8-7-10(15(16,2)3)12(18)13(16)19/h10-11,17H,4-9H2,1-3H3,(H,20,21)/t10?,11-,16?/m0/s1. The zero-order chi connectivity index (χ0) is 18.3. The van der Waals surface area contributed by atoms with E-state index < -0.39 is 56.1 Å². The van der Waals surface area contributed by atoms with E-state index in [0.29, 0.717) is 19.3 Å². The van der Waals surface area contributed by atoms with E-state index >= 15 is 0 Å². The van der Waals surface area contributed by atoms with E-state index in [1.807, 2.05) is 6.92 Å². The highest BCUT2D eigenvalue weighted by Crippen LogP contribution is 2.62. The molecule has 2 unspecified atom stereocenters. The van der Waals surface area contributed by atoms with Gasteiger partial charge in [0.15, 0.2) is 0 Å². The van der Waals surface area contributed by atoms with Gasteiger partial charge in [-0.1, -0.05) is 33.6 Å². The first-order valence-electron chi connectivity index (χ1n) is 8.30. The number of hydrogen-bond acceptors (Lipinski definition) is 5. The molecule has 3 atom stereocenters. The molecule has 8 heteroatoms. The highest BCUT2D eigenvalue weighted by molar-refractivity contribution is 7.89. The molecule has 0 amide bonds. The lowest BCUT2D eigenvalue weighted by Gasteiger charge is -2.35. The van der Waals surface area contributed by atoms with Crippen LogP contribution < -0.4 is 4.72 Å². The first-order valence-corrected chi connectivity index (χ1v) is 9.95. The molecule has 2 bridgehead atoms. The van der Waals surface area contributed by atoms with Crippen LogP contribution in [0.3, 0.4) is 0 Å². The summed E-state index contributed by atoms with van der Waals surface area (Å²) in [5, 5.41) is 9.20. The molecule has 0 aliphatic heterocycles. The second kappa shape index (κ2) is 6.22. The number of aliphatic carboxylic acids is 1. The lowest BCUT2D eigenvalue weighted by atomic mass is 9.70. The van der Waals surface area contributed by atoms with Crippen LogP contribution >= 0.6 is 0 Å². The number of carboxylic acids is 1. The lowest BCUT2D eigenvalue weighted by molar-refractivity contribution is -0.141. The molecule has 0 aromatic carbocycles. The molecular weight excluding hydrogens is 334 g/mol. The van der Waals surface area contributed by atoms with E-state index in [1.165, 1.54) is 0 Å². The Hall–Kier alpha value is -1.28. The van der Waals surface area contributed by atoms with Gasteiger partial charge in [0.1, 0.15) is 6.04 Å². The van der Waals surface area contributed by atoms with Gasteiger partial charge in [-0.3, -0.25) is 14.4 Å². The van der Waals surface area contributed by atoms with E-state index in [0.717, 1.165) is 6.42 Å². The Morgan fingerprint density at radius 1 is 1.38 bits per heavy atom. The Kier molecular flexibility index (Phi) is 4.94. The Bertz CT molecular complexity index is 668. The maximum Gasteiger partial charge on any atom is 0.321 e. The zero-order valence-electron chi connectivity index (χ0n) is 14.3. The maximum absolute atomic E-state index is 12.5. The smallest absolute Gasteiger partial charge is 0.321 e. The highest BCUT2D eigenvalue weighted by Gasteiger charge is 2.69. The third-order valence-corrected chi connectivity index (χ3v) is 7.36. The van der Waals surface area contributed by atoms with Crippen LogP contribution in [-0.4, -0.2) is 42.9 Å². The average molecular weight is 359 g/mol. The minimum Gasteiger partial charge on any atom is -0.480 e. The van der Waals surface area contributed by atoms with Crippen LogP contribution in [0.2, 0.25) is 0 Å². The number of unbranched alkanes of at least 4 members (excludes halogenated alkanes) is 1. The summed E-state index contributed by atoms with van der Waals surface area (Å²) >= 11 is 0. The summed E-state index contributed by atoms with van der Waals surface area (Å²) < 4.78 is 27.3. The van der Waals surface area contributed by atoms with E-state index in [2.05, 4.69) is 4.72 Å². The van der Waals surface area contributed by atoms with E-state index in [1.54, 1.807) is 13.8 Å². The van der Waals surface area contributed by atoms with Crippen molar-refractivity contribution in [2.45, 2.75) is 58.9 Å². The van der Waals surface area contributed by atoms with Crippen LogP contribution in [0.1, 0.15) is 52.9 Å². The van der Waals surface area contributed by atoms with Crippen molar-refractivity contribution in [2.24, 2.45) is 16.7 Å². The summed E-state index contributed by atoms with van der Waals surface area (Å²) in [7, 11) is -4.01. The first kappa shape index (κ1) is 19.1. The number of sulfonamides is 1. The fourth-order valence-electron chi connectivity index (χ4n) is 4.21. The molecule has 2 N–H and O–H groups in total. The molecule has 0 aromatic rings. The van der Waals surface area contributed by atoms with Crippen molar-refractivity contribution in [2.75, 3.05) is 5.75 Å². The monoisotopic (exact) mass is 359 g/mol. The Morgan fingerprint density at radius 2 is 2.00 bits per heavy atom. The van der Waals surface area contributed by atoms with Crippen molar-refractivity contribution < 1.29 is 27.9 Å². The zero-order valence-corrected chi connectivity index (χ0v) is 15.1. The van der Waals surface area contributed by atoms with Crippen molar-refractivity contribution in [1.82, 2.24) is 4.72 Å². The fraction of sp³-hybridized carbons (Fsp3) is 0.812. The van der Waals surface area contributed by atoms with E-state index in [9.17, 15) is 27.9 Å². The molecule has 0 spiro atoms. The molecule has 136 valence electrons. The van der Waals surface area contributed by atoms with Crippen molar-refractivity contribution >= 4 is 27.6 Å². The van der Waals surface area contributed by atoms with Crippen LogP contribution in [-0.2, 0) is 24.4 Å². The molecule has 7 nitrogen and oxygen atoms in total. The van der Waals surface area contributed by atoms with Crippen molar-refractivity contribution in [3.63, 3.8) is 0 Å². The maximum atomic E-state index is 12.5. The molecule has 0 aromatic heterocycles. The predicted octanol–water partition coefficient (Wildman–Crippen LogP) is 1.12. The summed E-state index contributed by atoms with van der Waals surface area (Å²) in [4.78, 5) is 35.8. The van der Waals surface area contributed by atoms with Crippen LogP contribution in [0, 0.1) is 16.7 Å². The van der Waals surface area contributed by atoms with E-state index in [4.69, 9.17) is 0 Å². The molecule has 2 fully saturated rings. The molecule has 2 aliphatic rings. The summed E-state index contributed by atoms with van der Waals surface area (Å²) in [6, 6.07) is -1.21. The third-order valence-electron chi connectivity index (χ3n) is 5.84. The molecule has 0 saturated heterocycles. The van der Waals surface area contributed by atoms with E-state index in [-0.39, 0.29) is 6.42 Å². The van der Waals surface area contributed by atoms with Crippen LogP contribution in [0.15, 0.2) is 0 Å². The SMILES string of the molecule is CCCC[C@H](NS(=O)(=O)CC12CCC(C(=O)C1=O)C2(C)C)C(=O)O. The number of rotatable bonds is 8. The van der Waals surface area contributed by atoms with Crippen LogP contribution in [0.4, 0.5) is 0 Å². The number of hydrogen-bond donors (Lipinski definition) is 2. The van der Waals surface area contributed by atoms with Crippen molar-refractivity contribution in [3.05, 3.63) is 0 Å². The quantitative estimate of drug-likeness (QED) is 0.627. The van der Waals surface area contributed by atoms with Gasteiger partial charge in [0, 0.05) is 5.92 Å². The van der Waals surface area contributed by atoms with Gasteiger partial charge in [-0.2, -0.15) is 0 Å². The van der Waals surface area contributed by atoms with Gasteiger partial charge in [0.25, 0.3) is 0 Å². The number of carbonyl (C=O) groups is 3. The number of Topliss-reactive ketones (excluding diaryl/α,β-unsaturated/α-hetero) is 2. The molecule has 2 rings (SSSR count). The van der Waals surface area contributed by atoms with Gasteiger partial charge >= 0.3 is 5.97 Å². The Morgan fingerprint density at radius 3 is 2.46 bits per heavy atom. The average Bonchev–Trinajstić information content (AvgIpc) is 2.78. The van der Waals surface area contributed by atoms with Gasteiger partial charge in [-0.15, -0.1) is 0 Å². The second-order valence-electron chi connectivity index (χ2n) is 7.50. The number of carboxylic acid groups (broad SMARTS) is 1. The van der Waals surface area contributed by atoms with Crippen molar-refractivity contribution in [1.29, 1.82) is 0 Å². The number of ketones is 2. The largest absolute Gasteiger partial charge is 0.480 e. The van der Waals surface area contributed by atoms with Gasteiger partial charge in [-0.05, 0) is 24.7 Å². The van der Waals surface area contributed by atoms with Crippen molar-refractivity contribution in [3.8, 4) is 0 Å². The Balaban J connectivity index is 2.24. The normalized spacial score (nSPS) is 29.9. The molecule has 2 aliphatic carbocycles. The van der Waals surface area contributed by atoms with Gasteiger partial charge in [0.05, 0.1) is 11.2 Å². The summed E-state index contributed by atoms with van der Waals surface area (Å²) in [5.41, 5.74) is -1.97. The summed E-state index contributed by atoms with van der Waals surface area (Å²) in [6.45, 7) is 5.40. The molecule has 24 heavy (non-hydrogen) atoms. The molecule has 0 radical (unpaired) electrons. The topological polar surface area (TPSA) is 118 Å². The summed E-state index contributed by atoms with van der Waals surface area (Å²) in [6.07, 6.45) is 2.37. The minimum absolute atomic E-state index is 0.191. The van der Waals surface area contributed by atoms with Gasteiger partial charge in [0.2, 0.25) is 21.6 Å².